The van der Waals surface area contributed by atoms with Crippen LogP contribution in [0.1, 0.15) is 12.6 Å². The summed E-state index contributed by atoms with van der Waals surface area (Å²) in [6.07, 6.45) is 0. The molecule has 0 spiro atoms. The molecule has 0 bridgehead atoms. The van der Waals surface area contributed by atoms with Crippen LogP contribution < -0.4 is 39.9 Å². The quantitative estimate of drug-likeness (QED) is 0.727. The summed E-state index contributed by atoms with van der Waals surface area (Å²) in [6.45, 7) is 18.6. The summed E-state index contributed by atoms with van der Waals surface area (Å²) in [6, 6.07) is 17.9. The third-order valence-electron chi connectivity index (χ3n) is 3.84. The first-order valence-electron chi connectivity index (χ1n) is 8.14. The maximum absolute atomic E-state index is 2.40. The minimum atomic E-state index is -1.10. The number of hydrogen-bond acceptors (Lipinski definition) is 0. The molecule has 0 aliphatic rings. The van der Waals surface area contributed by atoms with Crippen molar-refractivity contribution in [3.63, 3.8) is 0 Å². The average molecular weight is 353 g/mol. The van der Waals surface area contributed by atoms with Gasteiger partial charge in [-0.15, -0.1) is 0 Å². The van der Waals surface area contributed by atoms with Crippen molar-refractivity contribution in [3.05, 3.63) is 59.7 Å². The van der Waals surface area contributed by atoms with Crippen molar-refractivity contribution < 1.29 is 31.0 Å². The van der Waals surface area contributed by atoms with Crippen molar-refractivity contribution in [1.29, 1.82) is 0 Å². The molecule has 0 saturated heterocycles. The molecule has 122 valence electrons. The second-order valence-corrected chi connectivity index (χ2v) is 18.4. The fourth-order valence-electron chi connectivity index (χ4n) is 2.11. The van der Waals surface area contributed by atoms with E-state index in [-0.39, 0.29) is 31.0 Å². The standard InChI is InChI=1S/C12H22Si2.C8H10.Na.H/c1-13(2,3)11-7-9-12(10-8-11)14(4,5)6;1-7-3-5-8(2)6-4-7;;/h7-10H,1-6H3;3-6H,1-2H3;;/q;;+1;-1. The zero-order valence-electron chi connectivity index (χ0n) is 17.6. The predicted octanol–water partition coefficient (Wildman–Crippen LogP) is 2.20. The molecule has 0 saturated carbocycles. The smallest absolute Gasteiger partial charge is 1.00 e. The Morgan fingerprint density at radius 1 is 0.522 bits per heavy atom. The Labute approximate surface area is 169 Å². The predicted molar refractivity (Wildman–Crippen MR) is 109 cm³/mol. The molecule has 3 heteroatoms. The van der Waals surface area contributed by atoms with E-state index in [4.69, 9.17) is 0 Å². The molecule has 0 unspecified atom stereocenters. The van der Waals surface area contributed by atoms with E-state index in [0.717, 1.165) is 0 Å². The molecule has 0 atom stereocenters. The van der Waals surface area contributed by atoms with Gasteiger partial charge in [-0.05, 0) is 13.8 Å². The Balaban J connectivity index is 0. The summed E-state index contributed by atoms with van der Waals surface area (Å²) in [5.74, 6) is 0. The van der Waals surface area contributed by atoms with Crippen LogP contribution in [0.25, 0.3) is 0 Å². The second-order valence-electron chi connectivity index (χ2n) is 8.23. The van der Waals surface area contributed by atoms with E-state index in [2.05, 4.69) is 102 Å². The van der Waals surface area contributed by atoms with E-state index in [1.54, 1.807) is 10.4 Å². The Morgan fingerprint density at radius 3 is 0.913 bits per heavy atom. The minimum Gasteiger partial charge on any atom is -1.00 e. The Kier molecular flexibility index (Phi) is 9.33. The van der Waals surface area contributed by atoms with Crippen molar-refractivity contribution in [2.24, 2.45) is 0 Å². The SMILES string of the molecule is C[Si](C)(C)c1ccc([Si](C)(C)C)cc1.Cc1ccc(C)cc1.[H-].[Na+]. The van der Waals surface area contributed by atoms with Gasteiger partial charge in [-0.25, -0.2) is 0 Å². The molecule has 2 rings (SSSR count). The van der Waals surface area contributed by atoms with Crippen LogP contribution in [0, 0.1) is 13.8 Å². The summed E-state index contributed by atoms with van der Waals surface area (Å²) in [7, 11) is -2.20. The third kappa shape index (κ3) is 8.50. The molecular formula is C20H33NaSi2. The van der Waals surface area contributed by atoms with Crippen molar-refractivity contribution in [2.75, 3.05) is 0 Å². The van der Waals surface area contributed by atoms with Gasteiger partial charge in [0.15, 0.2) is 0 Å². The Hall–Kier alpha value is -0.126. The molecule has 23 heavy (non-hydrogen) atoms. The van der Waals surface area contributed by atoms with E-state index in [9.17, 15) is 0 Å². The molecule has 0 aliphatic heterocycles. The number of aryl methyl sites for hydroxylation is 2. The van der Waals surface area contributed by atoms with Crippen molar-refractivity contribution in [3.8, 4) is 0 Å². The zero-order chi connectivity index (χ0) is 17.0. The number of rotatable bonds is 2. The summed E-state index contributed by atoms with van der Waals surface area (Å²) >= 11 is 0. The second kappa shape index (κ2) is 9.38. The first-order valence-corrected chi connectivity index (χ1v) is 15.1. The van der Waals surface area contributed by atoms with Crippen LogP contribution in [-0.2, 0) is 0 Å². The topological polar surface area (TPSA) is 0 Å². The zero-order valence-corrected chi connectivity index (χ0v) is 20.6. The molecule has 0 amide bonds. The van der Waals surface area contributed by atoms with E-state index in [1.165, 1.54) is 11.1 Å². The van der Waals surface area contributed by atoms with Crippen LogP contribution in [0.5, 0.6) is 0 Å². The van der Waals surface area contributed by atoms with Gasteiger partial charge in [0.1, 0.15) is 0 Å². The normalized spacial score (nSPS) is 11.1. The Bertz CT molecular complexity index is 525. The molecule has 0 fully saturated rings. The summed E-state index contributed by atoms with van der Waals surface area (Å²) in [5, 5.41) is 3.14. The molecule has 2 aromatic carbocycles. The van der Waals surface area contributed by atoms with Crippen LogP contribution in [-0.4, -0.2) is 16.1 Å². The van der Waals surface area contributed by atoms with Crippen molar-refractivity contribution in [2.45, 2.75) is 53.1 Å². The molecule has 2 aromatic rings. The van der Waals surface area contributed by atoms with Gasteiger partial charge in [0.25, 0.3) is 0 Å². The van der Waals surface area contributed by atoms with Gasteiger partial charge in [-0.3, -0.25) is 0 Å². The summed E-state index contributed by atoms with van der Waals surface area (Å²) in [5.41, 5.74) is 2.66. The van der Waals surface area contributed by atoms with Gasteiger partial charge in [0, 0.05) is 0 Å². The van der Waals surface area contributed by atoms with E-state index in [1.807, 2.05) is 0 Å². The number of hydrogen-bond donors (Lipinski definition) is 0. The Morgan fingerprint density at radius 2 is 0.739 bits per heavy atom. The van der Waals surface area contributed by atoms with Crippen LogP contribution in [0.2, 0.25) is 39.3 Å². The molecular weight excluding hydrogens is 319 g/mol. The molecule has 0 aromatic heterocycles. The average Bonchev–Trinajstić information content (AvgIpc) is 2.41. The minimum absolute atomic E-state index is 0. The molecule has 0 radical (unpaired) electrons. The van der Waals surface area contributed by atoms with Gasteiger partial charge >= 0.3 is 29.6 Å². The van der Waals surface area contributed by atoms with Crippen molar-refractivity contribution >= 4 is 26.5 Å². The van der Waals surface area contributed by atoms with Gasteiger partial charge in [-0.1, -0.05) is 109 Å². The van der Waals surface area contributed by atoms with Gasteiger partial charge < -0.3 is 1.43 Å². The molecule has 0 aliphatic carbocycles. The largest absolute Gasteiger partial charge is 1.00 e. The third-order valence-corrected chi connectivity index (χ3v) is 7.97. The van der Waals surface area contributed by atoms with Gasteiger partial charge in [0.05, 0.1) is 16.1 Å². The van der Waals surface area contributed by atoms with E-state index in [0.29, 0.717) is 0 Å². The van der Waals surface area contributed by atoms with Crippen LogP contribution in [0.15, 0.2) is 48.5 Å². The van der Waals surface area contributed by atoms with E-state index < -0.39 is 16.1 Å². The fourth-order valence-corrected chi connectivity index (χ4v) is 4.44. The molecule has 0 N–H and O–H groups in total. The molecule has 0 heterocycles. The van der Waals surface area contributed by atoms with E-state index >= 15 is 0 Å². The van der Waals surface area contributed by atoms with Crippen LogP contribution in [0.4, 0.5) is 0 Å². The van der Waals surface area contributed by atoms with Gasteiger partial charge in [0.2, 0.25) is 0 Å². The molecule has 0 nitrogen and oxygen atoms in total. The maximum atomic E-state index is 2.40. The fraction of sp³-hybridized carbons (Fsp3) is 0.400. The summed E-state index contributed by atoms with van der Waals surface area (Å²) in [4.78, 5) is 0. The monoisotopic (exact) mass is 352 g/mol. The summed E-state index contributed by atoms with van der Waals surface area (Å²) < 4.78 is 0. The van der Waals surface area contributed by atoms with Crippen molar-refractivity contribution in [1.82, 2.24) is 0 Å². The van der Waals surface area contributed by atoms with Crippen LogP contribution >= 0.6 is 0 Å². The maximum Gasteiger partial charge on any atom is 1.00 e. The first-order chi connectivity index (χ1) is 10.00. The van der Waals surface area contributed by atoms with Gasteiger partial charge in [-0.2, -0.15) is 0 Å². The van der Waals surface area contributed by atoms with Crippen LogP contribution in [0.3, 0.4) is 0 Å². The number of benzene rings is 2. The first kappa shape index (κ1) is 22.9.